The first-order valence-corrected chi connectivity index (χ1v) is 8.80. The van der Waals surface area contributed by atoms with Gasteiger partial charge in [-0.05, 0) is 45.6 Å². The largest absolute Gasteiger partial charge is 0.493 e. The molecule has 1 aliphatic rings. The van der Waals surface area contributed by atoms with Crippen LogP contribution in [-0.4, -0.2) is 73.4 Å². The van der Waals surface area contributed by atoms with Gasteiger partial charge in [0.2, 0.25) is 0 Å². The summed E-state index contributed by atoms with van der Waals surface area (Å²) in [7, 11) is 4.15. The first kappa shape index (κ1) is 25.0. The van der Waals surface area contributed by atoms with Gasteiger partial charge in [-0.3, -0.25) is 0 Å². The molecule has 0 aromatic heterocycles. The van der Waals surface area contributed by atoms with Crippen LogP contribution in [0.1, 0.15) is 18.4 Å². The molecule has 29 heavy (non-hydrogen) atoms. The highest BCUT2D eigenvalue weighted by atomic mass is 19.4. The van der Waals surface area contributed by atoms with Gasteiger partial charge in [-0.1, -0.05) is 12.1 Å². The zero-order valence-electron chi connectivity index (χ0n) is 16.1. The van der Waals surface area contributed by atoms with Crippen LogP contribution in [0, 0.1) is 0 Å². The predicted molar refractivity (Wildman–Crippen MR) is 93.8 cm³/mol. The van der Waals surface area contributed by atoms with Gasteiger partial charge in [-0.15, -0.1) is 0 Å². The minimum Gasteiger partial charge on any atom is -0.493 e. The molecule has 5 nitrogen and oxygen atoms in total. The van der Waals surface area contributed by atoms with E-state index in [2.05, 4.69) is 23.9 Å². The third-order valence-electron chi connectivity index (χ3n) is 4.29. The molecule has 0 radical (unpaired) electrons. The Morgan fingerprint density at radius 2 is 1.79 bits per heavy atom. The zero-order chi connectivity index (χ0) is 22.2. The Hall–Kier alpha value is -2.01. The standard InChI is InChI=1S/C16H23F3N2O.C2HF3O2/c1-20(2)13-8-10-21(12-13)9-5-11-22-15-7-4-3-6-14(15)16(17,18)19;3-2(4,5)1(6)7/h3-4,6-7,13H,5,8-12H2,1-2H3;(H,6,7)/t13-;/m1./s1. The summed E-state index contributed by atoms with van der Waals surface area (Å²) in [4.78, 5) is 13.5. The maximum Gasteiger partial charge on any atom is 0.490 e. The van der Waals surface area contributed by atoms with Crippen molar-refractivity contribution >= 4 is 5.97 Å². The van der Waals surface area contributed by atoms with Crippen molar-refractivity contribution in [1.82, 2.24) is 9.80 Å². The van der Waals surface area contributed by atoms with Gasteiger partial charge in [0.25, 0.3) is 0 Å². The van der Waals surface area contributed by atoms with E-state index in [0.29, 0.717) is 12.6 Å². The molecule has 11 heteroatoms. The van der Waals surface area contributed by atoms with E-state index in [1.807, 2.05) is 0 Å². The van der Waals surface area contributed by atoms with Crippen LogP contribution in [0.25, 0.3) is 0 Å². The molecule has 0 spiro atoms. The van der Waals surface area contributed by atoms with E-state index in [4.69, 9.17) is 14.6 Å². The van der Waals surface area contributed by atoms with Crippen molar-refractivity contribution in [3.63, 3.8) is 0 Å². The minimum absolute atomic E-state index is 0.0809. The zero-order valence-corrected chi connectivity index (χ0v) is 16.1. The Balaban J connectivity index is 0.000000516. The van der Waals surface area contributed by atoms with E-state index < -0.39 is 23.9 Å². The SMILES string of the molecule is CN(C)[C@@H]1CCN(CCCOc2ccccc2C(F)(F)F)C1.O=C(O)C(F)(F)F. The summed E-state index contributed by atoms with van der Waals surface area (Å²) >= 11 is 0. The molecule has 1 aromatic carbocycles. The number of hydrogen-bond acceptors (Lipinski definition) is 4. The number of rotatable bonds is 6. The number of likely N-dealkylation sites (N-methyl/N-ethyl adjacent to an activating group) is 1. The van der Waals surface area contributed by atoms with Gasteiger partial charge in [0.05, 0.1) is 12.2 Å². The second-order valence-electron chi connectivity index (χ2n) is 6.71. The molecule has 0 aliphatic carbocycles. The number of carboxylic acids is 1. The van der Waals surface area contributed by atoms with Crippen LogP contribution in [0.3, 0.4) is 0 Å². The first-order chi connectivity index (χ1) is 13.3. The highest BCUT2D eigenvalue weighted by Gasteiger charge is 2.38. The van der Waals surface area contributed by atoms with Gasteiger partial charge >= 0.3 is 18.3 Å². The van der Waals surface area contributed by atoms with Crippen LogP contribution < -0.4 is 4.74 Å². The minimum atomic E-state index is -5.08. The molecule has 166 valence electrons. The lowest BCUT2D eigenvalue weighted by Crippen LogP contribution is -2.32. The molecule has 1 N–H and O–H groups in total. The van der Waals surface area contributed by atoms with Gasteiger partial charge in [0.1, 0.15) is 5.75 Å². The normalized spacial score (nSPS) is 17.8. The fourth-order valence-electron chi connectivity index (χ4n) is 2.73. The average molecular weight is 430 g/mol. The number of likely N-dealkylation sites (tertiary alicyclic amines) is 1. The summed E-state index contributed by atoms with van der Waals surface area (Å²) < 4.78 is 75.6. The molecular weight excluding hydrogens is 406 g/mol. The summed E-state index contributed by atoms with van der Waals surface area (Å²) in [5.74, 6) is -2.84. The van der Waals surface area contributed by atoms with E-state index in [0.717, 1.165) is 38.5 Å². The second kappa shape index (κ2) is 10.7. The molecule has 1 fully saturated rings. The van der Waals surface area contributed by atoms with Crippen LogP contribution in [-0.2, 0) is 11.0 Å². The van der Waals surface area contributed by atoms with Crippen LogP contribution in [0.2, 0.25) is 0 Å². The number of para-hydroxylation sites is 1. The number of aliphatic carboxylic acids is 1. The lowest BCUT2D eigenvalue weighted by Gasteiger charge is -2.20. The van der Waals surface area contributed by atoms with Crippen molar-refractivity contribution in [2.45, 2.75) is 31.2 Å². The van der Waals surface area contributed by atoms with E-state index in [1.165, 1.54) is 12.1 Å². The highest BCUT2D eigenvalue weighted by Crippen LogP contribution is 2.35. The molecule has 1 aromatic rings. The molecule has 0 bridgehead atoms. The summed E-state index contributed by atoms with van der Waals surface area (Å²) in [5, 5.41) is 7.12. The molecular formula is C18H24F6N2O3. The molecule has 2 rings (SSSR count). The van der Waals surface area contributed by atoms with Gasteiger partial charge in [-0.2, -0.15) is 26.3 Å². The molecule has 1 saturated heterocycles. The van der Waals surface area contributed by atoms with Crippen LogP contribution in [0.5, 0.6) is 5.75 Å². The van der Waals surface area contributed by atoms with Crippen LogP contribution in [0.4, 0.5) is 26.3 Å². The molecule has 0 amide bonds. The van der Waals surface area contributed by atoms with E-state index >= 15 is 0 Å². The summed E-state index contributed by atoms with van der Waals surface area (Å²) in [6.07, 6.45) is -7.58. The van der Waals surface area contributed by atoms with E-state index in [-0.39, 0.29) is 5.75 Å². The molecule has 1 heterocycles. The molecule has 0 saturated carbocycles. The maximum atomic E-state index is 12.8. The number of benzene rings is 1. The highest BCUT2D eigenvalue weighted by molar-refractivity contribution is 5.73. The first-order valence-electron chi connectivity index (χ1n) is 8.80. The number of nitrogens with zero attached hydrogens (tertiary/aromatic N) is 2. The lowest BCUT2D eigenvalue weighted by molar-refractivity contribution is -0.192. The van der Waals surface area contributed by atoms with Crippen LogP contribution in [0.15, 0.2) is 24.3 Å². The monoisotopic (exact) mass is 430 g/mol. The molecule has 0 unspecified atom stereocenters. The van der Waals surface area contributed by atoms with Crippen molar-refractivity contribution in [1.29, 1.82) is 0 Å². The number of alkyl halides is 6. The smallest absolute Gasteiger partial charge is 0.490 e. The molecule has 1 atom stereocenters. The lowest BCUT2D eigenvalue weighted by atomic mass is 10.2. The Labute approximate surface area is 164 Å². The third kappa shape index (κ3) is 8.90. The van der Waals surface area contributed by atoms with Crippen molar-refractivity contribution < 1.29 is 41.0 Å². The Bertz CT molecular complexity index is 649. The summed E-state index contributed by atoms with van der Waals surface area (Å²) in [6.45, 7) is 3.23. The second-order valence-corrected chi connectivity index (χ2v) is 6.71. The van der Waals surface area contributed by atoms with Gasteiger partial charge in [0.15, 0.2) is 0 Å². The number of carboxylic acid groups (broad SMARTS) is 1. The predicted octanol–water partition coefficient (Wildman–Crippen LogP) is 3.74. The van der Waals surface area contributed by atoms with Crippen molar-refractivity contribution in [2.75, 3.05) is 40.3 Å². The van der Waals surface area contributed by atoms with Crippen molar-refractivity contribution in [3.05, 3.63) is 29.8 Å². The molecule has 1 aliphatic heterocycles. The number of carbonyl (C=O) groups is 1. The summed E-state index contributed by atoms with van der Waals surface area (Å²) in [6, 6.07) is 5.94. The number of ether oxygens (including phenoxy) is 1. The van der Waals surface area contributed by atoms with Crippen molar-refractivity contribution in [2.24, 2.45) is 0 Å². The fourth-order valence-corrected chi connectivity index (χ4v) is 2.73. The maximum absolute atomic E-state index is 12.8. The van der Waals surface area contributed by atoms with Crippen LogP contribution >= 0.6 is 0 Å². The topological polar surface area (TPSA) is 53.0 Å². The van der Waals surface area contributed by atoms with E-state index in [1.54, 1.807) is 6.07 Å². The van der Waals surface area contributed by atoms with Gasteiger partial charge < -0.3 is 19.6 Å². The third-order valence-corrected chi connectivity index (χ3v) is 4.29. The Kier molecular flexibility index (Phi) is 9.21. The number of hydrogen-bond donors (Lipinski definition) is 1. The average Bonchev–Trinajstić information content (AvgIpc) is 3.07. The van der Waals surface area contributed by atoms with Gasteiger partial charge in [0, 0.05) is 19.1 Å². The van der Waals surface area contributed by atoms with Crippen molar-refractivity contribution in [3.8, 4) is 5.75 Å². The Morgan fingerprint density at radius 1 is 1.21 bits per heavy atom. The number of halogens is 6. The quantitative estimate of drug-likeness (QED) is 0.551. The van der Waals surface area contributed by atoms with E-state index in [9.17, 15) is 26.3 Å². The van der Waals surface area contributed by atoms with Gasteiger partial charge in [-0.25, -0.2) is 4.79 Å². The summed E-state index contributed by atoms with van der Waals surface area (Å²) in [5.41, 5.74) is -0.705. The Morgan fingerprint density at radius 3 is 2.28 bits per heavy atom. The fraction of sp³-hybridized carbons (Fsp3) is 0.611.